The largest absolute Gasteiger partial charge is 0.395 e. The van der Waals surface area contributed by atoms with Gasteiger partial charge in [0.05, 0.1) is 23.9 Å². The van der Waals surface area contributed by atoms with E-state index in [0.717, 1.165) is 24.0 Å². The number of carbonyl (C=O) groups is 1. The van der Waals surface area contributed by atoms with Gasteiger partial charge in [0.1, 0.15) is 0 Å². The molecule has 2 atom stereocenters. The van der Waals surface area contributed by atoms with Gasteiger partial charge in [0.25, 0.3) is 0 Å². The Bertz CT molecular complexity index is 1050. The van der Waals surface area contributed by atoms with Gasteiger partial charge < -0.3 is 10.0 Å². The van der Waals surface area contributed by atoms with Crippen LogP contribution in [0.1, 0.15) is 36.3 Å². The van der Waals surface area contributed by atoms with Crippen molar-refractivity contribution in [1.82, 2.24) is 9.21 Å². The third kappa shape index (κ3) is 3.58. The summed E-state index contributed by atoms with van der Waals surface area (Å²) in [6.45, 7) is 0.538. The monoisotopic (exact) mass is 440 g/mol. The van der Waals surface area contributed by atoms with Crippen LogP contribution >= 0.6 is 0 Å². The lowest BCUT2D eigenvalue weighted by molar-refractivity contribution is -0.167. The van der Waals surface area contributed by atoms with Gasteiger partial charge in [-0.15, -0.1) is 0 Å². The van der Waals surface area contributed by atoms with Crippen molar-refractivity contribution < 1.29 is 18.3 Å². The molecule has 0 bridgehead atoms. The molecule has 2 saturated heterocycles. The molecule has 3 aliphatic rings. The second-order valence-electron chi connectivity index (χ2n) is 9.18. The van der Waals surface area contributed by atoms with Gasteiger partial charge in [0, 0.05) is 25.4 Å². The van der Waals surface area contributed by atoms with Crippen molar-refractivity contribution in [3.8, 4) is 0 Å². The lowest BCUT2D eigenvalue weighted by Gasteiger charge is -2.69. The van der Waals surface area contributed by atoms with Crippen LogP contribution in [0, 0.1) is 5.92 Å². The Labute approximate surface area is 183 Å². The number of likely N-dealkylation sites (tertiary alicyclic amines) is 1. The highest BCUT2D eigenvalue weighted by molar-refractivity contribution is 7.88. The van der Waals surface area contributed by atoms with E-state index in [1.165, 1.54) is 4.31 Å². The van der Waals surface area contributed by atoms with Crippen molar-refractivity contribution in [2.24, 2.45) is 5.92 Å². The average molecular weight is 441 g/mol. The third-order valence-corrected chi connectivity index (χ3v) is 8.92. The van der Waals surface area contributed by atoms with Crippen molar-refractivity contribution in [1.29, 1.82) is 0 Å². The minimum atomic E-state index is -3.67. The van der Waals surface area contributed by atoms with Crippen LogP contribution in [-0.2, 0) is 20.6 Å². The molecule has 6 nitrogen and oxygen atoms in total. The van der Waals surface area contributed by atoms with E-state index < -0.39 is 21.6 Å². The van der Waals surface area contributed by atoms with Gasteiger partial charge in [-0.2, -0.15) is 4.31 Å². The highest BCUT2D eigenvalue weighted by Gasteiger charge is 2.70. The van der Waals surface area contributed by atoms with Crippen LogP contribution in [0.25, 0.3) is 0 Å². The molecule has 2 aromatic carbocycles. The summed E-state index contributed by atoms with van der Waals surface area (Å²) < 4.78 is 28.5. The zero-order chi connectivity index (χ0) is 21.6. The van der Waals surface area contributed by atoms with Crippen molar-refractivity contribution in [3.63, 3.8) is 0 Å². The van der Waals surface area contributed by atoms with Crippen LogP contribution in [0.5, 0.6) is 0 Å². The summed E-state index contributed by atoms with van der Waals surface area (Å²) in [6.07, 6.45) is 2.79. The molecule has 0 aromatic heterocycles. The van der Waals surface area contributed by atoms with Crippen LogP contribution in [0.4, 0.5) is 0 Å². The summed E-state index contributed by atoms with van der Waals surface area (Å²) in [7, 11) is -3.67. The van der Waals surface area contributed by atoms with Crippen molar-refractivity contribution in [3.05, 3.63) is 71.8 Å². The summed E-state index contributed by atoms with van der Waals surface area (Å²) in [5.41, 5.74) is 1.06. The molecule has 2 heterocycles. The average Bonchev–Trinajstić information content (AvgIpc) is 3.51. The Hall–Kier alpha value is -2.22. The number of benzene rings is 2. The molecular formula is C24H28N2O4S. The Balaban J connectivity index is 1.45. The van der Waals surface area contributed by atoms with Crippen molar-refractivity contribution >= 4 is 15.9 Å². The van der Waals surface area contributed by atoms with E-state index in [-0.39, 0.29) is 24.2 Å². The minimum absolute atomic E-state index is 0.108. The van der Waals surface area contributed by atoms with E-state index >= 15 is 0 Å². The number of carbonyl (C=O) groups excluding carboxylic acids is 1. The molecule has 0 radical (unpaired) electrons. The number of aliphatic hydroxyl groups excluding tert-OH is 1. The molecule has 2 aliphatic heterocycles. The first-order valence-corrected chi connectivity index (χ1v) is 12.6. The van der Waals surface area contributed by atoms with E-state index in [1.54, 1.807) is 17.0 Å². The van der Waals surface area contributed by atoms with Gasteiger partial charge in [0.15, 0.2) is 0 Å². The molecule has 1 amide bonds. The zero-order valence-corrected chi connectivity index (χ0v) is 18.2. The normalized spacial score (nSPS) is 25.1. The van der Waals surface area contributed by atoms with Gasteiger partial charge in [-0.25, -0.2) is 8.42 Å². The number of hydrogen-bond acceptors (Lipinski definition) is 4. The summed E-state index contributed by atoms with van der Waals surface area (Å²) in [5.74, 6) is 0.379. The number of hydrogen-bond donors (Lipinski definition) is 1. The smallest absolute Gasteiger partial charge is 0.222 e. The summed E-state index contributed by atoms with van der Waals surface area (Å²) >= 11 is 0. The lowest BCUT2D eigenvalue weighted by atomic mass is 9.63. The van der Waals surface area contributed by atoms with E-state index in [0.29, 0.717) is 25.4 Å². The van der Waals surface area contributed by atoms with Crippen LogP contribution in [0.15, 0.2) is 60.7 Å². The van der Waals surface area contributed by atoms with Crippen LogP contribution < -0.4 is 0 Å². The summed E-state index contributed by atoms with van der Waals surface area (Å²) in [5, 5.41) is 10.2. The topological polar surface area (TPSA) is 77.9 Å². The fourth-order valence-corrected chi connectivity index (χ4v) is 7.55. The highest BCUT2D eigenvalue weighted by atomic mass is 32.2. The van der Waals surface area contributed by atoms with E-state index in [2.05, 4.69) is 0 Å². The fourth-order valence-electron chi connectivity index (χ4n) is 5.41. The molecule has 31 heavy (non-hydrogen) atoms. The molecule has 1 spiro atoms. The lowest BCUT2D eigenvalue weighted by Crippen LogP contribution is -2.85. The van der Waals surface area contributed by atoms with Crippen LogP contribution in [-0.4, -0.2) is 59.9 Å². The quantitative estimate of drug-likeness (QED) is 0.717. The second kappa shape index (κ2) is 7.73. The second-order valence-corrected chi connectivity index (χ2v) is 11.0. The molecular weight excluding hydrogens is 412 g/mol. The van der Waals surface area contributed by atoms with Crippen molar-refractivity contribution in [2.75, 3.05) is 19.7 Å². The third-order valence-electron chi connectivity index (χ3n) is 6.98. The SMILES string of the molecule is O=C(CC1CC1)N1CC2(C1)[C@H](c1ccccc1)[C@@H](CO)N2S(=O)(=O)Cc1ccccc1. The molecule has 5 rings (SSSR count). The molecule has 1 saturated carbocycles. The van der Waals surface area contributed by atoms with Gasteiger partial charge in [-0.3, -0.25) is 4.79 Å². The molecule has 2 aromatic rings. The first-order valence-electron chi connectivity index (χ1n) is 10.9. The number of sulfonamides is 1. The summed E-state index contributed by atoms with van der Waals surface area (Å²) in [6, 6.07) is 18.4. The van der Waals surface area contributed by atoms with Gasteiger partial charge in [0.2, 0.25) is 15.9 Å². The van der Waals surface area contributed by atoms with Crippen molar-refractivity contribution in [2.45, 2.75) is 42.5 Å². The van der Waals surface area contributed by atoms with E-state index in [4.69, 9.17) is 0 Å². The van der Waals surface area contributed by atoms with Crippen LogP contribution in [0.2, 0.25) is 0 Å². The van der Waals surface area contributed by atoms with E-state index in [1.807, 2.05) is 48.5 Å². The number of amides is 1. The standard InChI is InChI=1S/C24H28N2O4S/c27-14-21-23(20-9-5-2-6-10-20)24(16-25(17-24)22(28)13-18-11-12-18)26(21)31(29,30)15-19-7-3-1-4-8-19/h1-10,18,21,23,27H,11-17H2/t21-,23-/m1/s1. The Morgan fingerprint density at radius 3 is 2.19 bits per heavy atom. The minimum Gasteiger partial charge on any atom is -0.395 e. The number of rotatable bonds is 7. The fraction of sp³-hybridized carbons (Fsp3) is 0.458. The number of nitrogens with zero attached hydrogens (tertiary/aromatic N) is 2. The molecule has 0 unspecified atom stereocenters. The Kier molecular flexibility index (Phi) is 5.15. The maximum Gasteiger partial charge on any atom is 0.222 e. The van der Waals surface area contributed by atoms with Gasteiger partial charge in [-0.1, -0.05) is 60.7 Å². The maximum atomic E-state index is 13.5. The Morgan fingerprint density at radius 2 is 1.61 bits per heavy atom. The zero-order valence-electron chi connectivity index (χ0n) is 17.4. The van der Waals surface area contributed by atoms with Gasteiger partial charge >= 0.3 is 0 Å². The van der Waals surface area contributed by atoms with Crippen LogP contribution in [0.3, 0.4) is 0 Å². The molecule has 3 fully saturated rings. The first-order chi connectivity index (χ1) is 14.9. The molecule has 1 aliphatic carbocycles. The molecule has 7 heteroatoms. The van der Waals surface area contributed by atoms with E-state index in [9.17, 15) is 18.3 Å². The Morgan fingerprint density at radius 1 is 1.00 bits per heavy atom. The predicted octanol–water partition coefficient (Wildman–Crippen LogP) is 2.36. The molecule has 1 N–H and O–H groups in total. The van der Waals surface area contributed by atoms with Gasteiger partial charge in [-0.05, 0) is 29.9 Å². The predicted molar refractivity (Wildman–Crippen MR) is 118 cm³/mol. The first kappa shape index (κ1) is 20.7. The highest BCUT2D eigenvalue weighted by Crippen LogP contribution is 2.55. The molecule has 164 valence electrons. The number of aliphatic hydroxyl groups is 1. The summed E-state index contributed by atoms with van der Waals surface area (Å²) in [4.78, 5) is 14.5. The maximum absolute atomic E-state index is 13.5.